The van der Waals surface area contributed by atoms with Crippen LogP contribution in [0, 0.1) is 10.8 Å². The second-order valence-electron chi connectivity index (χ2n) is 10.8. The molecule has 1 aromatic heterocycles. The lowest BCUT2D eigenvalue weighted by molar-refractivity contribution is -0.274. The van der Waals surface area contributed by atoms with Crippen molar-refractivity contribution in [3.05, 3.63) is 48.0 Å². The molecule has 1 heterocycles. The zero-order chi connectivity index (χ0) is 25.6. The van der Waals surface area contributed by atoms with Crippen molar-refractivity contribution in [1.82, 2.24) is 9.55 Å². The number of alkyl halides is 3. The number of anilines is 2. The molecule has 0 aliphatic heterocycles. The zero-order valence-electron chi connectivity index (χ0n) is 20.5. The topological polar surface area (TPSA) is 65.4 Å². The van der Waals surface area contributed by atoms with E-state index >= 15 is 0 Å². The molecule has 0 atom stereocenters. The molecule has 0 unspecified atom stereocenters. The SMILES string of the molecule is COC(=O)c1ccc2c(c1)nc(Nc1ccc(OC(F)(F)F)cc1)n2C1CC(C)(C)CC(C)(C)C1. The number of hydrogen-bond donors (Lipinski definition) is 1. The van der Waals surface area contributed by atoms with Gasteiger partial charge in [0.2, 0.25) is 5.95 Å². The number of benzene rings is 2. The van der Waals surface area contributed by atoms with Gasteiger partial charge in [-0.15, -0.1) is 13.2 Å². The Balaban J connectivity index is 1.76. The smallest absolute Gasteiger partial charge is 0.465 e. The molecule has 188 valence electrons. The number of rotatable bonds is 5. The number of carbonyl (C=O) groups excluding carboxylic acids is 1. The van der Waals surface area contributed by atoms with Gasteiger partial charge in [0.15, 0.2) is 0 Å². The van der Waals surface area contributed by atoms with Crippen LogP contribution >= 0.6 is 0 Å². The number of carbonyl (C=O) groups is 1. The summed E-state index contributed by atoms with van der Waals surface area (Å²) < 4.78 is 48.5. The minimum atomic E-state index is -4.75. The van der Waals surface area contributed by atoms with Gasteiger partial charge in [-0.2, -0.15) is 0 Å². The quantitative estimate of drug-likeness (QED) is 0.383. The maximum absolute atomic E-state index is 12.5. The highest BCUT2D eigenvalue weighted by molar-refractivity contribution is 5.94. The zero-order valence-corrected chi connectivity index (χ0v) is 20.5. The minimum Gasteiger partial charge on any atom is -0.465 e. The Morgan fingerprint density at radius 3 is 2.26 bits per heavy atom. The Morgan fingerprint density at radius 2 is 1.69 bits per heavy atom. The van der Waals surface area contributed by atoms with Crippen molar-refractivity contribution in [3.8, 4) is 5.75 Å². The molecular formula is C26H30F3N3O3. The van der Waals surface area contributed by atoms with Crippen LogP contribution in [-0.2, 0) is 4.74 Å². The van der Waals surface area contributed by atoms with Gasteiger partial charge >= 0.3 is 12.3 Å². The lowest BCUT2D eigenvalue weighted by Crippen LogP contribution is -2.35. The van der Waals surface area contributed by atoms with Crippen LogP contribution in [0.1, 0.15) is 63.4 Å². The van der Waals surface area contributed by atoms with Crippen LogP contribution in [0.2, 0.25) is 0 Å². The number of ether oxygens (including phenoxy) is 2. The number of methoxy groups -OCH3 is 1. The average molecular weight is 490 g/mol. The lowest BCUT2D eigenvalue weighted by Gasteiger charge is -2.45. The van der Waals surface area contributed by atoms with Crippen molar-refractivity contribution in [2.24, 2.45) is 10.8 Å². The Hall–Kier alpha value is -3.23. The maximum atomic E-state index is 12.5. The van der Waals surface area contributed by atoms with Crippen LogP contribution in [0.4, 0.5) is 24.8 Å². The number of nitrogens with one attached hydrogen (secondary N) is 1. The van der Waals surface area contributed by atoms with Crippen LogP contribution in [0.25, 0.3) is 11.0 Å². The standard InChI is InChI=1S/C26H30F3N3O3/c1-24(2)13-18(14-25(3,4)15-24)32-21-11-6-16(22(33)34-5)12-20(21)31-23(32)30-17-7-9-19(10-8-17)35-26(27,28)29/h6-12,18H,13-15H2,1-5H3,(H,30,31). The Morgan fingerprint density at radius 1 is 1.06 bits per heavy atom. The van der Waals surface area contributed by atoms with E-state index in [0.717, 1.165) is 24.8 Å². The number of imidazole rings is 1. The number of esters is 1. The second kappa shape index (κ2) is 8.77. The number of aromatic nitrogens is 2. The fourth-order valence-electron chi connectivity index (χ4n) is 5.64. The molecule has 9 heteroatoms. The van der Waals surface area contributed by atoms with E-state index in [4.69, 9.17) is 9.72 Å². The number of fused-ring (bicyclic) bond motifs is 1. The first-order chi connectivity index (χ1) is 16.3. The third kappa shape index (κ3) is 5.71. The normalized spacial score (nSPS) is 17.8. The largest absolute Gasteiger partial charge is 0.573 e. The first-order valence-electron chi connectivity index (χ1n) is 11.5. The van der Waals surface area contributed by atoms with Crippen LogP contribution in [0.5, 0.6) is 5.75 Å². The van der Waals surface area contributed by atoms with E-state index in [1.807, 2.05) is 6.07 Å². The van der Waals surface area contributed by atoms with Crippen LogP contribution in [-0.4, -0.2) is 29.0 Å². The Bertz CT molecular complexity index is 1210. The van der Waals surface area contributed by atoms with Gasteiger partial charge in [-0.25, -0.2) is 9.78 Å². The number of halogens is 3. The van der Waals surface area contributed by atoms with Gasteiger partial charge in [-0.05, 0) is 72.6 Å². The minimum absolute atomic E-state index is 0.114. The summed E-state index contributed by atoms with van der Waals surface area (Å²) in [5.74, 6) is -0.184. The van der Waals surface area contributed by atoms with Gasteiger partial charge in [0.25, 0.3) is 0 Å². The molecule has 0 spiro atoms. The average Bonchev–Trinajstić information content (AvgIpc) is 3.08. The lowest BCUT2D eigenvalue weighted by atomic mass is 9.63. The summed E-state index contributed by atoms with van der Waals surface area (Å²) >= 11 is 0. The van der Waals surface area contributed by atoms with Crippen LogP contribution in [0.15, 0.2) is 42.5 Å². The molecule has 0 saturated heterocycles. The molecule has 1 aliphatic rings. The van der Waals surface area contributed by atoms with Crippen molar-refractivity contribution in [2.75, 3.05) is 12.4 Å². The van der Waals surface area contributed by atoms with Crippen molar-refractivity contribution >= 4 is 28.6 Å². The highest BCUT2D eigenvalue weighted by atomic mass is 19.4. The third-order valence-corrected chi connectivity index (χ3v) is 6.35. The Kier molecular flexibility index (Phi) is 6.23. The number of hydrogen-bond acceptors (Lipinski definition) is 5. The van der Waals surface area contributed by atoms with Gasteiger partial charge in [-0.3, -0.25) is 0 Å². The van der Waals surface area contributed by atoms with Crippen molar-refractivity contribution < 1.29 is 27.4 Å². The molecule has 1 fully saturated rings. The van der Waals surface area contributed by atoms with Gasteiger partial charge in [-0.1, -0.05) is 27.7 Å². The van der Waals surface area contributed by atoms with E-state index < -0.39 is 12.3 Å². The fourth-order valence-corrected chi connectivity index (χ4v) is 5.64. The monoisotopic (exact) mass is 489 g/mol. The summed E-state index contributed by atoms with van der Waals surface area (Å²) in [6.45, 7) is 9.06. The molecule has 35 heavy (non-hydrogen) atoms. The first-order valence-corrected chi connectivity index (χ1v) is 11.5. The second-order valence-corrected chi connectivity index (χ2v) is 10.8. The summed E-state index contributed by atoms with van der Waals surface area (Å²) in [6, 6.07) is 11.0. The van der Waals surface area contributed by atoms with Crippen molar-refractivity contribution in [3.63, 3.8) is 0 Å². The van der Waals surface area contributed by atoms with E-state index in [9.17, 15) is 18.0 Å². The molecule has 0 radical (unpaired) electrons. The van der Waals surface area contributed by atoms with E-state index in [1.54, 1.807) is 12.1 Å². The van der Waals surface area contributed by atoms with Crippen LogP contribution < -0.4 is 10.1 Å². The molecule has 1 N–H and O–H groups in total. The summed E-state index contributed by atoms with van der Waals surface area (Å²) in [5.41, 5.74) is 2.70. The molecule has 4 rings (SSSR count). The van der Waals surface area contributed by atoms with Gasteiger partial charge < -0.3 is 19.4 Å². The van der Waals surface area contributed by atoms with E-state index in [1.165, 1.54) is 31.4 Å². The highest BCUT2D eigenvalue weighted by Crippen LogP contribution is 2.51. The first kappa shape index (κ1) is 24.9. The molecule has 1 aliphatic carbocycles. The van der Waals surface area contributed by atoms with E-state index in [2.05, 4.69) is 42.3 Å². The van der Waals surface area contributed by atoms with E-state index in [0.29, 0.717) is 22.7 Å². The van der Waals surface area contributed by atoms with E-state index in [-0.39, 0.29) is 22.6 Å². The predicted molar refractivity (Wildman–Crippen MR) is 128 cm³/mol. The van der Waals surface area contributed by atoms with Gasteiger partial charge in [0.1, 0.15) is 5.75 Å². The maximum Gasteiger partial charge on any atom is 0.573 e. The summed E-state index contributed by atoms with van der Waals surface area (Å²) in [7, 11) is 1.33. The highest BCUT2D eigenvalue weighted by Gasteiger charge is 2.40. The third-order valence-electron chi connectivity index (χ3n) is 6.35. The summed E-state index contributed by atoms with van der Waals surface area (Å²) in [6.07, 6.45) is -1.78. The number of nitrogens with zero attached hydrogens (tertiary/aromatic N) is 2. The van der Waals surface area contributed by atoms with Gasteiger partial charge in [0, 0.05) is 11.7 Å². The molecule has 0 bridgehead atoms. The Labute approximate surface area is 202 Å². The van der Waals surface area contributed by atoms with Crippen molar-refractivity contribution in [1.29, 1.82) is 0 Å². The molecule has 1 saturated carbocycles. The van der Waals surface area contributed by atoms with Gasteiger partial charge in [0.05, 0.1) is 23.7 Å². The summed E-state index contributed by atoms with van der Waals surface area (Å²) in [4.78, 5) is 16.8. The molecule has 3 aromatic rings. The van der Waals surface area contributed by atoms with Crippen molar-refractivity contribution in [2.45, 2.75) is 59.4 Å². The summed E-state index contributed by atoms with van der Waals surface area (Å²) in [5, 5.41) is 3.27. The van der Waals surface area contributed by atoms with Crippen LogP contribution in [0.3, 0.4) is 0 Å². The molecule has 0 amide bonds. The predicted octanol–water partition coefficient (Wildman–Crippen LogP) is 7.24. The fraction of sp³-hybridized carbons (Fsp3) is 0.462. The molecule has 6 nitrogen and oxygen atoms in total. The molecule has 2 aromatic carbocycles. The molecular weight excluding hydrogens is 459 g/mol.